The second kappa shape index (κ2) is 5.17. The van der Waals surface area contributed by atoms with Crippen LogP contribution in [0, 0.1) is 0 Å². The Morgan fingerprint density at radius 2 is 2.39 bits per heavy atom. The van der Waals surface area contributed by atoms with Crippen molar-refractivity contribution in [2.75, 3.05) is 12.8 Å². The van der Waals surface area contributed by atoms with Crippen LogP contribution in [0.2, 0.25) is 0 Å². The highest BCUT2D eigenvalue weighted by molar-refractivity contribution is 5.99. The molecule has 7 heteroatoms. The summed E-state index contributed by atoms with van der Waals surface area (Å²) in [4.78, 5) is 15.7. The number of hydrogen-bond donors (Lipinski definition) is 2. The minimum absolute atomic E-state index is 0.173. The smallest absolute Gasteiger partial charge is 0.253 e. The van der Waals surface area contributed by atoms with Crippen LogP contribution < -0.4 is 15.8 Å². The zero-order valence-electron chi connectivity index (χ0n) is 9.71. The molecule has 2 rings (SSSR count). The predicted octanol–water partition coefficient (Wildman–Crippen LogP) is 0.590. The van der Waals surface area contributed by atoms with Crippen LogP contribution in [0.5, 0.6) is 5.75 Å². The van der Waals surface area contributed by atoms with E-state index in [1.807, 2.05) is 0 Å². The van der Waals surface area contributed by atoms with Gasteiger partial charge in [0, 0.05) is 5.69 Å². The molecule has 18 heavy (non-hydrogen) atoms. The number of nitrogen functional groups attached to an aromatic ring is 1. The van der Waals surface area contributed by atoms with Gasteiger partial charge in [-0.1, -0.05) is 5.16 Å². The van der Waals surface area contributed by atoms with Crippen molar-refractivity contribution in [3.05, 3.63) is 36.0 Å². The van der Waals surface area contributed by atoms with Gasteiger partial charge in [-0.25, -0.2) is 0 Å². The highest BCUT2D eigenvalue weighted by atomic mass is 16.5. The van der Waals surface area contributed by atoms with Crippen molar-refractivity contribution < 1.29 is 14.1 Å². The molecule has 0 saturated carbocycles. The number of carbonyl (C=O) groups is 1. The van der Waals surface area contributed by atoms with Crippen molar-refractivity contribution in [3.63, 3.8) is 0 Å². The second-order valence-corrected chi connectivity index (χ2v) is 3.48. The van der Waals surface area contributed by atoms with Crippen molar-refractivity contribution in [1.29, 1.82) is 0 Å². The molecule has 0 bridgehead atoms. The van der Waals surface area contributed by atoms with E-state index in [2.05, 4.69) is 20.0 Å². The van der Waals surface area contributed by atoms with Crippen LogP contribution in [0.1, 0.15) is 16.2 Å². The van der Waals surface area contributed by atoms with Crippen LogP contribution in [-0.4, -0.2) is 23.2 Å². The van der Waals surface area contributed by atoms with Gasteiger partial charge in [-0.15, -0.1) is 0 Å². The number of anilines is 1. The quantitative estimate of drug-likeness (QED) is 0.767. The Bertz CT molecular complexity index is 539. The largest absolute Gasteiger partial charge is 0.497 e. The maximum Gasteiger partial charge on any atom is 0.253 e. The van der Waals surface area contributed by atoms with Crippen molar-refractivity contribution in [2.45, 2.75) is 6.54 Å². The predicted molar refractivity (Wildman–Crippen MR) is 62.9 cm³/mol. The summed E-state index contributed by atoms with van der Waals surface area (Å²) in [6.07, 6.45) is 1.20. The molecule has 0 fully saturated rings. The molecule has 1 heterocycles. The molecular formula is C11H12N4O3. The summed E-state index contributed by atoms with van der Waals surface area (Å²) in [5.41, 5.74) is 6.45. The molecular weight excluding hydrogens is 236 g/mol. The molecule has 0 spiro atoms. The van der Waals surface area contributed by atoms with Crippen molar-refractivity contribution in [2.24, 2.45) is 0 Å². The fourth-order valence-electron chi connectivity index (χ4n) is 1.38. The molecule has 94 valence electrons. The maximum absolute atomic E-state index is 11.9. The number of rotatable bonds is 4. The van der Waals surface area contributed by atoms with E-state index in [0.29, 0.717) is 22.8 Å². The molecule has 1 amide bonds. The molecule has 3 N–H and O–H groups in total. The average molecular weight is 248 g/mol. The number of methoxy groups -OCH3 is 1. The third kappa shape index (κ3) is 2.57. The van der Waals surface area contributed by atoms with E-state index in [0.717, 1.165) is 0 Å². The van der Waals surface area contributed by atoms with E-state index in [4.69, 9.17) is 10.5 Å². The highest BCUT2D eigenvalue weighted by Crippen LogP contribution is 2.19. The topological polar surface area (TPSA) is 103 Å². The first-order chi connectivity index (χ1) is 8.70. The molecule has 0 unspecified atom stereocenters. The van der Waals surface area contributed by atoms with E-state index in [1.54, 1.807) is 18.2 Å². The maximum atomic E-state index is 11.9. The van der Waals surface area contributed by atoms with Gasteiger partial charge in [-0.05, 0) is 18.2 Å². The first-order valence-corrected chi connectivity index (χ1v) is 5.17. The number of carbonyl (C=O) groups excluding carboxylic acids is 1. The third-order valence-electron chi connectivity index (χ3n) is 2.32. The van der Waals surface area contributed by atoms with Crippen molar-refractivity contribution >= 4 is 11.6 Å². The molecule has 2 aromatic rings. The summed E-state index contributed by atoms with van der Waals surface area (Å²) in [5.74, 6) is 0.634. The number of aromatic nitrogens is 2. The van der Waals surface area contributed by atoms with Gasteiger partial charge >= 0.3 is 0 Å². The van der Waals surface area contributed by atoms with Gasteiger partial charge in [0.25, 0.3) is 5.91 Å². The first kappa shape index (κ1) is 11.9. The van der Waals surface area contributed by atoms with Gasteiger partial charge in [-0.2, -0.15) is 4.98 Å². The van der Waals surface area contributed by atoms with Gasteiger partial charge in [-0.3, -0.25) is 4.79 Å². The second-order valence-electron chi connectivity index (χ2n) is 3.48. The summed E-state index contributed by atoms with van der Waals surface area (Å²) >= 11 is 0. The Balaban J connectivity index is 2.08. The molecule has 7 nitrogen and oxygen atoms in total. The monoisotopic (exact) mass is 248 g/mol. The van der Waals surface area contributed by atoms with Gasteiger partial charge in [0.2, 0.25) is 6.39 Å². The average Bonchev–Trinajstić information content (AvgIpc) is 2.89. The molecule has 0 radical (unpaired) electrons. The fourth-order valence-corrected chi connectivity index (χ4v) is 1.38. The van der Waals surface area contributed by atoms with Crippen molar-refractivity contribution in [1.82, 2.24) is 15.5 Å². The van der Waals surface area contributed by atoms with E-state index in [-0.39, 0.29) is 12.5 Å². The van der Waals surface area contributed by atoms with E-state index < -0.39 is 0 Å². The van der Waals surface area contributed by atoms with E-state index >= 15 is 0 Å². The number of nitrogens with two attached hydrogens (primary N) is 1. The fraction of sp³-hybridized carbons (Fsp3) is 0.182. The Labute approximate surface area is 103 Å². The van der Waals surface area contributed by atoms with Crippen LogP contribution in [-0.2, 0) is 6.54 Å². The normalized spacial score (nSPS) is 10.1. The summed E-state index contributed by atoms with van der Waals surface area (Å²) in [6.45, 7) is 0.173. The molecule has 1 aromatic carbocycles. The Morgan fingerprint density at radius 3 is 3.06 bits per heavy atom. The van der Waals surface area contributed by atoms with Gasteiger partial charge < -0.3 is 20.3 Å². The Kier molecular flexibility index (Phi) is 3.42. The third-order valence-corrected chi connectivity index (χ3v) is 2.32. The molecule has 0 aliphatic carbocycles. The van der Waals surface area contributed by atoms with Crippen molar-refractivity contribution in [3.8, 4) is 5.75 Å². The van der Waals surface area contributed by atoms with Crippen LogP contribution in [0.4, 0.5) is 5.69 Å². The van der Waals surface area contributed by atoms with Crippen LogP contribution >= 0.6 is 0 Å². The molecule has 0 atom stereocenters. The number of nitrogens with zero attached hydrogens (tertiary/aromatic N) is 2. The minimum atomic E-state index is -0.323. The number of benzene rings is 1. The van der Waals surface area contributed by atoms with E-state index in [1.165, 1.54) is 13.5 Å². The Hall–Kier alpha value is -2.57. The lowest BCUT2D eigenvalue weighted by Crippen LogP contribution is -2.24. The van der Waals surface area contributed by atoms with Crippen LogP contribution in [0.25, 0.3) is 0 Å². The highest BCUT2D eigenvalue weighted by Gasteiger charge is 2.11. The molecule has 0 saturated heterocycles. The Morgan fingerprint density at radius 1 is 1.56 bits per heavy atom. The zero-order chi connectivity index (χ0) is 13.0. The van der Waals surface area contributed by atoms with Crippen LogP contribution in [0.3, 0.4) is 0 Å². The number of amides is 1. The lowest BCUT2D eigenvalue weighted by molar-refractivity contribution is 0.0950. The number of hydrogen-bond acceptors (Lipinski definition) is 6. The minimum Gasteiger partial charge on any atom is -0.497 e. The lowest BCUT2D eigenvalue weighted by atomic mass is 10.1. The molecule has 1 aromatic heterocycles. The summed E-state index contributed by atoms with van der Waals surface area (Å²) in [6, 6.07) is 4.87. The van der Waals surface area contributed by atoms with Gasteiger partial charge in [0.15, 0.2) is 5.82 Å². The lowest BCUT2D eigenvalue weighted by Gasteiger charge is -2.07. The standard InChI is InChI=1S/C11H12N4O3/c1-17-7-2-3-9(12)8(4-7)11(16)13-5-10-14-6-18-15-10/h2-4,6H,5,12H2,1H3,(H,13,16). The summed E-state index contributed by atoms with van der Waals surface area (Å²) in [7, 11) is 1.52. The van der Waals surface area contributed by atoms with Crippen LogP contribution in [0.15, 0.2) is 29.1 Å². The first-order valence-electron chi connectivity index (χ1n) is 5.17. The molecule has 0 aliphatic rings. The SMILES string of the molecule is COc1ccc(N)c(C(=O)NCc2ncon2)c1. The summed E-state index contributed by atoms with van der Waals surface area (Å²) in [5, 5.41) is 6.22. The van der Waals surface area contributed by atoms with Gasteiger partial charge in [0.1, 0.15) is 5.75 Å². The number of ether oxygens (including phenoxy) is 1. The van der Waals surface area contributed by atoms with E-state index in [9.17, 15) is 4.79 Å². The molecule has 0 aliphatic heterocycles. The van der Waals surface area contributed by atoms with Gasteiger partial charge in [0.05, 0.1) is 19.2 Å². The summed E-state index contributed by atoms with van der Waals surface area (Å²) < 4.78 is 9.59. The number of nitrogens with one attached hydrogen (secondary N) is 1. The zero-order valence-corrected chi connectivity index (χ0v) is 9.71.